The molecule has 5 nitrogen and oxygen atoms in total. The summed E-state index contributed by atoms with van der Waals surface area (Å²) in [4.78, 5) is 34.0. The Labute approximate surface area is 198 Å². The number of piperidine rings is 1. The average molecular weight is 460 g/mol. The molecular weight excluding hydrogens is 430 g/mol. The van der Waals surface area contributed by atoms with Gasteiger partial charge >= 0.3 is 0 Å². The van der Waals surface area contributed by atoms with Gasteiger partial charge in [-0.15, -0.1) is 11.3 Å². The molecule has 1 N–H and O–H groups in total. The Morgan fingerprint density at radius 1 is 1.06 bits per heavy atom. The molecule has 3 aromatic rings. The molecule has 2 amide bonds. The highest BCUT2D eigenvalue weighted by Crippen LogP contribution is 2.50. The van der Waals surface area contributed by atoms with Crippen molar-refractivity contribution in [3.8, 4) is 10.4 Å². The number of rotatable bonds is 5. The van der Waals surface area contributed by atoms with Crippen LogP contribution < -0.4 is 5.32 Å². The van der Waals surface area contributed by atoms with E-state index in [2.05, 4.69) is 35.4 Å². The number of nitrogens with zero attached hydrogens (tertiary/aromatic N) is 2. The smallest absolute Gasteiger partial charge is 0.274 e. The highest BCUT2D eigenvalue weighted by Gasteiger charge is 2.54. The predicted molar refractivity (Wildman–Crippen MR) is 132 cm³/mol. The van der Waals surface area contributed by atoms with Crippen LogP contribution >= 0.6 is 11.3 Å². The van der Waals surface area contributed by atoms with Crippen molar-refractivity contribution in [3.05, 3.63) is 75.4 Å². The van der Waals surface area contributed by atoms with Gasteiger partial charge in [-0.05, 0) is 63.6 Å². The molecule has 2 aliphatic rings. The zero-order chi connectivity index (χ0) is 23.3. The Hall–Kier alpha value is -2.99. The van der Waals surface area contributed by atoms with E-state index in [0.29, 0.717) is 29.6 Å². The van der Waals surface area contributed by atoms with Crippen LogP contribution in [0.4, 0.5) is 0 Å². The molecule has 0 radical (unpaired) electrons. The van der Waals surface area contributed by atoms with Crippen LogP contribution in [0.15, 0.2) is 42.5 Å². The van der Waals surface area contributed by atoms with Crippen LogP contribution in [0.5, 0.6) is 0 Å². The first-order valence-corrected chi connectivity index (χ1v) is 12.3. The molecule has 33 heavy (non-hydrogen) atoms. The lowest BCUT2D eigenvalue weighted by atomic mass is 10.1. The minimum Gasteiger partial charge on any atom is -0.350 e. The van der Waals surface area contributed by atoms with E-state index in [0.717, 1.165) is 45.1 Å². The van der Waals surface area contributed by atoms with Crippen molar-refractivity contribution in [3.63, 3.8) is 0 Å². The Morgan fingerprint density at radius 2 is 1.82 bits per heavy atom. The van der Waals surface area contributed by atoms with Crippen LogP contribution in [0, 0.1) is 39.5 Å². The van der Waals surface area contributed by atoms with Gasteiger partial charge in [-0.25, -0.2) is 4.98 Å². The van der Waals surface area contributed by atoms with Crippen molar-refractivity contribution < 1.29 is 9.59 Å². The third-order valence-electron chi connectivity index (χ3n) is 6.74. The monoisotopic (exact) mass is 459 g/mol. The van der Waals surface area contributed by atoms with E-state index in [1.165, 1.54) is 0 Å². The van der Waals surface area contributed by atoms with Crippen LogP contribution in [0.1, 0.15) is 49.0 Å². The molecule has 3 unspecified atom stereocenters. The van der Waals surface area contributed by atoms with Gasteiger partial charge in [0.25, 0.3) is 11.8 Å². The predicted octanol–water partition coefficient (Wildman–Crippen LogP) is 4.93. The van der Waals surface area contributed by atoms with Crippen molar-refractivity contribution in [1.82, 2.24) is 15.2 Å². The summed E-state index contributed by atoms with van der Waals surface area (Å²) in [6.45, 7) is 9.22. The molecule has 6 heteroatoms. The fourth-order valence-electron chi connectivity index (χ4n) is 5.16. The lowest BCUT2D eigenvalue weighted by Gasteiger charge is -2.27. The second-order valence-electron chi connectivity index (χ2n) is 9.55. The molecule has 0 bridgehead atoms. The van der Waals surface area contributed by atoms with E-state index >= 15 is 0 Å². The number of aromatic nitrogens is 1. The van der Waals surface area contributed by atoms with Gasteiger partial charge in [0.1, 0.15) is 5.69 Å². The van der Waals surface area contributed by atoms with Crippen molar-refractivity contribution in [2.24, 2.45) is 11.8 Å². The molecule has 1 saturated carbocycles. The van der Waals surface area contributed by atoms with Crippen molar-refractivity contribution >= 4 is 23.2 Å². The second kappa shape index (κ2) is 8.41. The molecule has 2 heterocycles. The fourth-order valence-corrected chi connectivity index (χ4v) is 6.07. The van der Waals surface area contributed by atoms with Crippen LogP contribution in [-0.2, 0) is 0 Å². The van der Waals surface area contributed by atoms with Crippen molar-refractivity contribution in [1.29, 1.82) is 0 Å². The number of hydrogen-bond donors (Lipinski definition) is 1. The van der Waals surface area contributed by atoms with Crippen molar-refractivity contribution in [2.75, 3.05) is 13.1 Å². The van der Waals surface area contributed by atoms with Gasteiger partial charge in [0.2, 0.25) is 0 Å². The molecule has 3 atom stereocenters. The zero-order valence-corrected chi connectivity index (χ0v) is 20.3. The van der Waals surface area contributed by atoms with Gasteiger partial charge in [-0.3, -0.25) is 9.59 Å². The minimum atomic E-state index is -0.0803. The number of nitrogens with one attached hydrogen (secondary N) is 1. The SMILES string of the molecule is Cc1cc(C)cc(C(=O)NCC2C3CC3CN2C(=O)c2nc(C)sc2-c2cccc(C)c2)c1. The number of aryl methyl sites for hydroxylation is 4. The largest absolute Gasteiger partial charge is 0.350 e. The summed E-state index contributed by atoms with van der Waals surface area (Å²) in [6, 6.07) is 14.1. The number of carbonyl (C=O) groups excluding carboxylic acids is 2. The van der Waals surface area contributed by atoms with Gasteiger partial charge in [-0.1, -0.05) is 47.0 Å². The normalized spacial score (nSPS) is 21.1. The lowest BCUT2D eigenvalue weighted by Crippen LogP contribution is -2.45. The summed E-state index contributed by atoms with van der Waals surface area (Å²) in [5.74, 6) is 0.909. The maximum atomic E-state index is 13.7. The number of hydrogen-bond acceptors (Lipinski definition) is 4. The molecule has 2 aromatic carbocycles. The summed E-state index contributed by atoms with van der Waals surface area (Å²) in [6.07, 6.45) is 1.13. The lowest BCUT2D eigenvalue weighted by molar-refractivity contribution is 0.0690. The Balaban J connectivity index is 1.35. The summed E-state index contributed by atoms with van der Waals surface area (Å²) in [5, 5.41) is 3.98. The Bertz CT molecular complexity index is 1230. The van der Waals surface area contributed by atoms with E-state index in [-0.39, 0.29) is 17.9 Å². The number of benzene rings is 2. The van der Waals surface area contributed by atoms with Gasteiger partial charge in [-0.2, -0.15) is 0 Å². The molecular formula is C27H29N3O2S. The van der Waals surface area contributed by atoms with E-state index in [4.69, 9.17) is 0 Å². The van der Waals surface area contributed by atoms with E-state index < -0.39 is 0 Å². The summed E-state index contributed by atoms with van der Waals surface area (Å²) < 4.78 is 0. The fraction of sp³-hybridized carbons (Fsp3) is 0.370. The number of carbonyl (C=O) groups is 2. The summed E-state index contributed by atoms with van der Waals surface area (Å²) in [7, 11) is 0. The molecule has 2 fully saturated rings. The zero-order valence-electron chi connectivity index (χ0n) is 19.5. The highest BCUT2D eigenvalue weighted by molar-refractivity contribution is 7.15. The standard InChI is InChI=1S/C27H29N3O2S/c1-15-6-5-7-19(9-15)25-24(29-18(4)33-25)27(32)30-14-21-12-22(21)23(30)13-28-26(31)20-10-16(2)8-17(3)11-20/h5-11,21-23H,12-14H2,1-4H3,(H,28,31). The summed E-state index contributed by atoms with van der Waals surface area (Å²) >= 11 is 1.57. The van der Waals surface area contributed by atoms with Crippen LogP contribution in [0.2, 0.25) is 0 Å². The molecule has 1 aromatic heterocycles. The van der Waals surface area contributed by atoms with E-state index in [1.54, 1.807) is 11.3 Å². The second-order valence-corrected chi connectivity index (χ2v) is 10.8. The molecule has 0 spiro atoms. The molecule has 1 aliphatic carbocycles. The van der Waals surface area contributed by atoms with Gasteiger partial charge < -0.3 is 10.2 Å². The van der Waals surface area contributed by atoms with Gasteiger partial charge in [0.15, 0.2) is 0 Å². The molecule has 1 saturated heterocycles. The number of thiazole rings is 1. The Kier molecular flexibility index (Phi) is 5.57. The number of likely N-dealkylation sites (tertiary alicyclic amines) is 1. The average Bonchev–Trinajstić information content (AvgIpc) is 3.28. The Morgan fingerprint density at radius 3 is 2.55 bits per heavy atom. The molecule has 5 rings (SSSR count). The minimum absolute atomic E-state index is 0.0183. The molecule has 170 valence electrons. The van der Waals surface area contributed by atoms with E-state index in [1.807, 2.05) is 49.9 Å². The van der Waals surface area contributed by atoms with E-state index in [9.17, 15) is 9.59 Å². The van der Waals surface area contributed by atoms with Crippen molar-refractivity contribution in [2.45, 2.75) is 40.2 Å². The third-order valence-corrected chi connectivity index (χ3v) is 7.76. The van der Waals surface area contributed by atoms with Crippen LogP contribution in [0.3, 0.4) is 0 Å². The van der Waals surface area contributed by atoms with Crippen LogP contribution in [-0.4, -0.2) is 40.8 Å². The number of fused-ring (bicyclic) bond motifs is 1. The van der Waals surface area contributed by atoms with Gasteiger partial charge in [0, 0.05) is 18.7 Å². The maximum Gasteiger partial charge on any atom is 0.274 e. The highest BCUT2D eigenvalue weighted by atomic mass is 32.1. The van der Waals surface area contributed by atoms with Gasteiger partial charge in [0.05, 0.1) is 15.9 Å². The third kappa shape index (κ3) is 4.32. The topological polar surface area (TPSA) is 62.3 Å². The molecule has 1 aliphatic heterocycles. The quantitative estimate of drug-likeness (QED) is 0.588. The number of amides is 2. The first-order valence-electron chi connectivity index (χ1n) is 11.5. The maximum absolute atomic E-state index is 13.7. The first kappa shape index (κ1) is 21.8. The summed E-state index contributed by atoms with van der Waals surface area (Å²) in [5.41, 5.74) is 5.55. The first-order chi connectivity index (χ1) is 15.8. The van der Waals surface area contributed by atoms with Crippen LogP contribution in [0.25, 0.3) is 10.4 Å².